The predicted molar refractivity (Wildman–Crippen MR) is 149 cm³/mol. The maximum Gasteiger partial charge on any atom is 0.338 e. The van der Waals surface area contributed by atoms with Crippen molar-refractivity contribution in [3.8, 4) is 0 Å². The number of ether oxygens (including phenoxy) is 1. The van der Waals surface area contributed by atoms with Gasteiger partial charge in [-0.15, -0.1) is 0 Å². The average molecular weight is 504 g/mol. The van der Waals surface area contributed by atoms with E-state index >= 15 is 0 Å². The Balaban J connectivity index is 1.31. The molecule has 1 saturated heterocycles. The monoisotopic (exact) mass is 503 g/mol. The maximum absolute atomic E-state index is 12.2. The third kappa shape index (κ3) is 5.03. The molecule has 3 aromatic rings. The van der Waals surface area contributed by atoms with Crippen molar-refractivity contribution >= 4 is 34.6 Å². The Kier molecular flexibility index (Phi) is 6.85. The number of nitrogens with zero attached hydrogens (tertiary/aromatic N) is 2. The summed E-state index contributed by atoms with van der Waals surface area (Å²) in [5, 5.41) is 4.55. The molecule has 1 N–H and O–H groups in total. The minimum absolute atomic E-state index is 0.0216. The van der Waals surface area contributed by atoms with Gasteiger partial charge in [-0.25, -0.2) is 4.79 Å². The van der Waals surface area contributed by atoms with Crippen molar-refractivity contribution in [1.29, 1.82) is 0 Å². The molecule has 1 unspecified atom stereocenters. The summed E-state index contributed by atoms with van der Waals surface area (Å²) in [6, 6.07) is 23.1. The van der Waals surface area contributed by atoms with E-state index in [1.165, 1.54) is 16.9 Å². The summed E-state index contributed by atoms with van der Waals surface area (Å²) in [5.74, 6) is -0.260. The minimum atomic E-state index is -0.260. The van der Waals surface area contributed by atoms with Crippen LogP contribution in [0.3, 0.4) is 0 Å². The molecular weight excluding hydrogens is 470 g/mol. The van der Waals surface area contributed by atoms with Gasteiger partial charge in [0.2, 0.25) is 0 Å². The number of hydrogen-bond acceptors (Lipinski definition) is 5. The summed E-state index contributed by atoms with van der Waals surface area (Å²) in [7, 11) is 0. The zero-order valence-electron chi connectivity index (χ0n) is 21.3. The van der Waals surface area contributed by atoms with Gasteiger partial charge in [0, 0.05) is 48.3 Å². The quantitative estimate of drug-likeness (QED) is 0.398. The number of piperazine rings is 1. The number of esters is 1. The average Bonchev–Trinajstić information content (AvgIpc) is 2.88. The van der Waals surface area contributed by atoms with Crippen LogP contribution in [-0.4, -0.2) is 38.8 Å². The Labute approximate surface area is 219 Å². The highest BCUT2D eigenvalue weighted by atomic mass is 35.5. The topological polar surface area (TPSA) is 44.8 Å². The summed E-state index contributed by atoms with van der Waals surface area (Å²) in [5.41, 5.74) is 6.64. The highest BCUT2D eigenvalue weighted by Crippen LogP contribution is 2.45. The van der Waals surface area contributed by atoms with Crippen LogP contribution >= 0.6 is 11.6 Å². The summed E-state index contributed by atoms with van der Waals surface area (Å²) in [6.07, 6.45) is 0.886. The van der Waals surface area contributed by atoms with Gasteiger partial charge in [-0.1, -0.05) is 37.6 Å². The molecule has 0 radical (unpaired) electrons. The number of fused-ring (bicyclic) bond motifs is 1. The van der Waals surface area contributed by atoms with Gasteiger partial charge in [-0.3, -0.25) is 0 Å². The van der Waals surface area contributed by atoms with E-state index in [0.717, 1.165) is 48.9 Å². The van der Waals surface area contributed by atoms with E-state index < -0.39 is 0 Å². The summed E-state index contributed by atoms with van der Waals surface area (Å²) < 4.78 is 5.20. The van der Waals surface area contributed by atoms with E-state index in [0.29, 0.717) is 12.2 Å². The van der Waals surface area contributed by atoms with Crippen LogP contribution in [0.1, 0.15) is 48.3 Å². The lowest BCUT2D eigenvalue weighted by Crippen LogP contribution is -2.46. The molecule has 0 aliphatic carbocycles. The number of carbonyl (C=O) groups is 1. The smallest absolute Gasteiger partial charge is 0.338 e. The van der Waals surface area contributed by atoms with Crippen LogP contribution in [0.5, 0.6) is 0 Å². The van der Waals surface area contributed by atoms with Crippen molar-refractivity contribution in [2.75, 3.05) is 47.9 Å². The lowest BCUT2D eigenvalue weighted by atomic mass is 9.72. The molecular formula is C30H34ClN3O2. The van der Waals surface area contributed by atoms with Crippen molar-refractivity contribution < 1.29 is 9.53 Å². The van der Waals surface area contributed by atoms with Crippen LogP contribution in [0.15, 0.2) is 66.7 Å². The van der Waals surface area contributed by atoms with Gasteiger partial charge in [0.1, 0.15) is 0 Å². The Morgan fingerprint density at radius 3 is 2.36 bits per heavy atom. The third-order valence-corrected chi connectivity index (χ3v) is 7.64. The zero-order chi connectivity index (χ0) is 25.3. The lowest BCUT2D eigenvalue weighted by Gasteiger charge is -2.42. The maximum atomic E-state index is 12.2. The van der Waals surface area contributed by atoms with Crippen LogP contribution in [0, 0.1) is 5.41 Å². The summed E-state index contributed by atoms with van der Waals surface area (Å²) in [6.45, 7) is 10.7. The lowest BCUT2D eigenvalue weighted by molar-refractivity contribution is 0.0526. The number of hydrogen-bond donors (Lipinski definition) is 1. The molecule has 188 valence electrons. The molecule has 0 bridgehead atoms. The molecule has 6 heteroatoms. The fourth-order valence-electron chi connectivity index (χ4n) is 5.48. The van der Waals surface area contributed by atoms with E-state index in [2.05, 4.69) is 65.4 Å². The molecule has 0 saturated carbocycles. The zero-order valence-corrected chi connectivity index (χ0v) is 22.0. The molecule has 0 spiro atoms. The van der Waals surface area contributed by atoms with Crippen molar-refractivity contribution in [2.24, 2.45) is 5.41 Å². The van der Waals surface area contributed by atoms with Gasteiger partial charge >= 0.3 is 5.97 Å². The van der Waals surface area contributed by atoms with E-state index in [9.17, 15) is 4.79 Å². The normalized spacial score (nSPS) is 18.8. The number of carbonyl (C=O) groups excluding carboxylic acids is 1. The molecule has 2 aliphatic heterocycles. The molecule has 1 atom stereocenters. The van der Waals surface area contributed by atoms with Crippen molar-refractivity contribution in [3.63, 3.8) is 0 Å². The second-order valence-electron chi connectivity index (χ2n) is 10.4. The second kappa shape index (κ2) is 10.1. The minimum Gasteiger partial charge on any atom is -0.462 e. The molecule has 1 fully saturated rings. The molecule has 5 rings (SSSR count). The molecule has 3 aromatic carbocycles. The summed E-state index contributed by atoms with van der Waals surface area (Å²) >= 11 is 6.06. The largest absolute Gasteiger partial charge is 0.462 e. The van der Waals surface area contributed by atoms with Gasteiger partial charge in [0.25, 0.3) is 0 Å². The first-order valence-electron chi connectivity index (χ1n) is 12.8. The Bertz CT molecular complexity index is 1230. The van der Waals surface area contributed by atoms with Gasteiger partial charge in [-0.2, -0.15) is 0 Å². The molecule has 0 aromatic heterocycles. The Morgan fingerprint density at radius 2 is 1.67 bits per heavy atom. The van der Waals surface area contributed by atoms with Crippen molar-refractivity contribution in [3.05, 3.63) is 88.4 Å². The van der Waals surface area contributed by atoms with Gasteiger partial charge < -0.3 is 19.9 Å². The van der Waals surface area contributed by atoms with Crippen LogP contribution in [-0.2, 0) is 11.2 Å². The number of halogens is 1. The van der Waals surface area contributed by atoms with E-state index in [4.69, 9.17) is 16.3 Å². The van der Waals surface area contributed by atoms with Crippen LogP contribution in [0.4, 0.5) is 17.1 Å². The number of rotatable bonds is 5. The van der Waals surface area contributed by atoms with E-state index in [1.807, 2.05) is 37.3 Å². The third-order valence-electron chi connectivity index (χ3n) is 7.38. The first-order chi connectivity index (χ1) is 17.3. The molecule has 2 aliphatic rings. The SMILES string of the molecule is CCOC(=O)c1ccc2c(c1)CC(C)(C)C(c1cccc(N3CCN(c4ccc(Cl)cc4)CC3)c1)N2. The van der Waals surface area contributed by atoms with Crippen molar-refractivity contribution in [2.45, 2.75) is 33.2 Å². The van der Waals surface area contributed by atoms with E-state index in [-0.39, 0.29) is 17.4 Å². The van der Waals surface area contributed by atoms with E-state index in [1.54, 1.807) is 0 Å². The Hall–Kier alpha value is -3.18. The first kappa shape index (κ1) is 24.5. The van der Waals surface area contributed by atoms with Gasteiger partial charge in [0.05, 0.1) is 18.2 Å². The van der Waals surface area contributed by atoms with Crippen LogP contribution in [0.25, 0.3) is 0 Å². The Morgan fingerprint density at radius 1 is 0.972 bits per heavy atom. The highest BCUT2D eigenvalue weighted by Gasteiger charge is 2.36. The number of nitrogens with one attached hydrogen (secondary N) is 1. The summed E-state index contributed by atoms with van der Waals surface area (Å²) in [4.78, 5) is 17.1. The van der Waals surface area contributed by atoms with Crippen LogP contribution < -0.4 is 15.1 Å². The molecule has 36 heavy (non-hydrogen) atoms. The van der Waals surface area contributed by atoms with Gasteiger partial charge in [0.15, 0.2) is 0 Å². The highest BCUT2D eigenvalue weighted by molar-refractivity contribution is 6.30. The predicted octanol–water partition coefficient (Wildman–Crippen LogP) is 6.58. The fourth-order valence-corrected chi connectivity index (χ4v) is 5.60. The number of benzene rings is 3. The fraction of sp³-hybridized carbons (Fsp3) is 0.367. The van der Waals surface area contributed by atoms with Gasteiger partial charge in [-0.05, 0) is 84.5 Å². The molecule has 2 heterocycles. The second-order valence-corrected chi connectivity index (χ2v) is 10.8. The molecule has 0 amide bonds. The molecule has 5 nitrogen and oxygen atoms in total. The standard InChI is InChI=1S/C30H34ClN3O2/c1-4-36-29(35)22-8-13-27-23(18-22)20-30(2,3)28(32-27)21-6-5-7-26(19-21)34-16-14-33(15-17-34)25-11-9-24(31)10-12-25/h5-13,18-19,28,32H,4,14-17,20H2,1-3H3. The van der Waals surface area contributed by atoms with Crippen molar-refractivity contribution in [1.82, 2.24) is 0 Å². The number of anilines is 3. The first-order valence-corrected chi connectivity index (χ1v) is 13.1. The van der Waals surface area contributed by atoms with Crippen LogP contribution in [0.2, 0.25) is 5.02 Å².